The van der Waals surface area contributed by atoms with Gasteiger partial charge in [0.1, 0.15) is 5.03 Å². The minimum absolute atomic E-state index is 0.713. The van der Waals surface area contributed by atoms with Crippen molar-refractivity contribution < 1.29 is 0 Å². The first kappa shape index (κ1) is 9.25. The molecule has 0 unspecified atom stereocenters. The largest absolute Gasteiger partial charge is 0.263 e. The number of thiol groups is 1. The van der Waals surface area contributed by atoms with Crippen molar-refractivity contribution in [1.29, 1.82) is 0 Å². The minimum Gasteiger partial charge on any atom is -0.263 e. The molecule has 14 heavy (non-hydrogen) atoms. The van der Waals surface area contributed by atoms with Gasteiger partial charge in [-0.25, -0.2) is 4.98 Å². The Hall–Kier alpha value is -1.31. The SMILES string of the molecule is Sc1csc(C#Cc2cccnc2)n1. The molecule has 2 heterocycles. The molecule has 0 aromatic carbocycles. The van der Waals surface area contributed by atoms with E-state index in [1.807, 2.05) is 17.5 Å². The summed E-state index contributed by atoms with van der Waals surface area (Å²) in [6.45, 7) is 0. The molecule has 68 valence electrons. The van der Waals surface area contributed by atoms with E-state index in [-0.39, 0.29) is 0 Å². The van der Waals surface area contributed by atoms with E-state index in [2.05, 4.69) is 34.4 Å². The predicted molar refractivity (Wildman–Crippen MR) is 59.6 cm³/mol. The van der Waals surface area contributed by atoms with Crippen LogP contribution in [0.2, 0.25) is 0 Å². The molecule has 0 aliphatic heterocycles. The van der Waals surface area contributed by atoms with Crippen LogP contribution in [0.4, 0.5) is 0 Å². The van der Waals surface area contributed by atoms with Gasteiger partial charge in [-0.1, -0.05) is 5.92 Å². The van der Waals surface area contributed by atoms with E-state index >= 15 is 0 Å². The molecular formula is C10H6N2S2. The molecule has 4 heteroatoms. The first-order chi connectivity index (χ1) is 6.84. The number of nitrogens with zero attached hydrogens (tertiary/aromatic N) is 2. The highest BCUT2D eigenvalue weighted by Gasteiger charge is 1.92. The number of thiazole rings is 1. The molecule has 0 saturated heterocycles. The van der Waals surface area contributed by atoms with Crippen molar-refractivity contribution in [3.05, 3.63) is 40.5 Å². The summed E-state index contributed by atoms with van der Waals surface area (Å²) < 4.78 is 0. The molecule has 0 aliphatic rings. The summed E-state index contributed by atoms with van der Waals surface area (Å²) in [5.41, 5.74) is 0.892. The Kier molecular flexibility index (Phi) is 2.82. The molecule has 0 bridgehead atoms. The Morgan fingerprint density at radius 1 is 1.36 bits per heavy atom. The predicted octanol–water partition coefficient (Wildman–Crippen LogP) is 2.23. The molecular weight excluding hydrogens is 212 g/mol. The first-order valence-electron chi connectivity index (χ1n) is 3.91. The average Bonchev–Trinajstić information content (AvgIpc) is 2.63. The monoisotopic (exact) mass is 218 g/mol. The van der Waals surface area contributed by atoms with E-state index in [4.69, 9.17) is 0 Å². The van der Waals surface area contributed by atoms with Crippen LogP contribution in [-0.2, 0) is 0 Å². The smallest absolute Gasteiger partial charge is 0.168 e. The molecule has 2 aromatic heterocycles. The Morgan fingerprint density at radius 3 is 2.93 bits per heavy atom. The maximum atomic E-state index is 4.11. The molecule has 2 rings (SSSR count). The van der Waals surface area contributed by atoms with Gasteiger partial charge in [-0.05, 0) is 18.1 Å². The summed E-state index contributed by atoms with van der Waals surface area (Å²) in [4.78, 5) is 8.08. The molecule has 0 atom stereocenters. The fourth-order valence-corrected chi connectivity index (χ4v) is 1.74. The van der Waals surface area contributed by atoms with Crippen LogP contribution < -0.4 is 0 Å². The van der Waals surface area contributed by atoms with E-state index in [1.165, 1.54) is 11.3 Å². The van der Waals surface area contributed by atoms with Gasteiger partial charge in [-0.2, -0.15) is 0 Å². The van der Waals surface area contributed by atoms with Gasteiger partial charge in [-0.15, -0.1) is 24.0 Å². The number of rotatable bonds is 0. The lowest BCUT2D eigenvalue weighted by Gasteiger charge is -1.84. The Balaban J connectivity index is 2.23. The summed E-state index contributed by atoms with van der Waals surface area (Å²) in [6, 6.07) is 3.77. The van der Waals surface area contributed by atoms with E-state index in [9.17, 15) is 0 Å². The Morgan fingerprint density at radius 2 is 2.29 bits per heavy atom. The summed E-state index contributed by atoms with van der Waals surface area (Å²) in [5, 5.41) is 3.35. The third-order valence-corrected chi connectivity index (χ3v) is 2.63. The summed E-state index contributed by atoms with van der Waals surface area (Å²) >= 11 is 5.59. The zero-order chi connectivity index (χ0) is 9.80. The average molecular weight is 218 g/mol. The molecule has 0 saturated carbocycles. The molecule has 0 aliphatic carbocycles. The molecule has 2 nitrogen and oxygen atoms in total. The van der Waals surface area contributed by atoms with Crippen LogP contribution in [0.1, 0.15) is 10.6 Å². The third kappa shape index (κ3) is 2.34. The van der Waals surface area contributed by atoms with Crippen molar-refractivity contribution >= 4 is 24.0 Å². The zero-order valence-electron chi connectivity index (χ0n) is 7.14. The van der Waals surface area contributed by atoms with Crippen LogP contribution in [0.5, 0.6) is 0 Å². The van der Waals surface area contributed by atoms with Crippen LogP contribution in [0, 0.1) is 11.8 Å². The second kappa shape index (κ2) is 4.27. The summed E-state index contributed by atoms with van der Waals surface area (Å²) in [5.74, 6) is 5.93. The van der Waals surface area contributed by atoms with Crippen molar-refractivity contribution in [2.75, 3.05) is 0 Å². The van der Waals surface area contributed by atoms with Crippen LogP contribution in [0.25, 0.3) is 0 Å². The van der Waals surface area contributed by atoms with Gasteiger partial charge in [0.05, 0.1) is 0 Å². The number of hydrogen-bond donors (Lipinski definition) is 1. The number of hydrogen-bond acceptors (Lipinski definition) is 4. The van der Waals surface area contributed by atoms with Crippen LogP contribution >= 0.6 is 24.0 Å². The second-order valence-corrected chi connectivity index (χ2v) is 3.82. The quantitative estimate of drug-likeness (QED) is 0.542. The van der Waals surface area contributed by atoms with Crippen molar-refractivity contribution in [3.63, 3.8) is 0 Å². The minimum atomic E-state index is 0.713. The lowest BCUT2D eigenvalue weighted by Crippen LogP contribution is -1.76. The highest BCUT2D eigenvalue weighted by molar-refractivity contribution is 7.80. The standard InChI is InChI=1S/C10H6N2S2/c13-9-7-14-10(12-9)4-3-8-2-1-5-11-6-8/h1-2,5-7,13H. The van der Waals surface area contributed by atoms with Crippen molar-refractivity contribution in [2.45, 2.75) is 5.03 Å². The van der Waals surface area contributed by atoms with Crippen molar-refractivity contribution in [3.8, 4) is 11.8 Å². The van der Waals surface area contributed by atoms with Gasteiger partial charge in [-0.3, -0.25) is 4.98 Å². The second-order valence-electron chi connectivity index (χ2n) is 2.50. The highest BCUT2D eigenvalue weighted by Crippen LogP contribution is 2.11. The fourth-order valence-electron chi connectivity index (χ4n) is 0.885. The molecule has 0 N–H and O–H groups in total. The molecule has 0 spiro atoms. The summed E-state index contributed by atoms with van der Waals surface area (Å²) in [7, 11) is 0. The van der Waals surface area contributed by atoms with Gasteiger partial charge in [0.25, 0.3) is 0 Å². The Labute approximate surface area is 91.5 Å². The Bertz CT molecular complexity index is 480. The normalized spacial score (nSPS) is 9.21. The van der Waals surface area contributed by atoms with Crippen LogP contribution in [0.15, 0.2) is 34.9 Å². The van der Waals surface area contributed by atoms with E-state index in [0.29, 0.717) is 5.03 Å². The van der Waals surface area contributed by atoms with Crippen molar-refractivity contribution in [2.24, 2.45) is 0 Å². The van der Waals surface area contributed by atoms with Crippen LogP contribution in [0.3, 0.4) is 0 Å². The number of pyridine rings is 1. The van der Waals surface area contributed by atoms with Gasteiger partial charge in [0.2, 0.25) is 0 Å². The third-order valence-electron chi connectivity index (χ3n) is 1.47. The lowest BCUT2D eigenvalue weighted by atomic mass is 10.3. The highest BCUT2D eigenvalue weighted by atomic mass is 32.1. The molecule has 2 aromatic rings. The lowest BCUT2D eigenvalue weighted by molar-refractivity contribution is 1.19. The molecule has 0 fully saturated rings. The van der Waals surface area contributed by atoms with E-state index in [0.717, 1.165) is 10.6 Å². The van der Waals surface area contributed by atoms with Gasteiger partial charge >= 0.3 is 0 Å². The fraction of sp³-hybridized carbons (Fsp3) is 0. The van der Waals surface area contributed by atoms with Crippen LogP contribution in [-0.4, -0.2) is 9.97 Å². The van der Waals surface area contributed by atoms with Gasteiger partial charge in [0, 0.05) is 23.3 Å². The number of aromatic nitrogens is 2. The van der Waals surface area contributed by atoms with Crippen molar-refractivity contribution in [1.82, 2.24) is 9.97 Å². The maximum absolute atomic E-state index is 4.11. The zero-order valence-corrected chi connectivity index (χ0v) is 8.85. The topological polar surface area (TPSA) is 25.8 Å². The van der Waals surface area contributed by atoms with Gasteiger partial charge < -0.3 is 0 Å². The molecule has 0 radical (unpaired) electrons. The summed E-state index contributed by atoms with van der Waals surface area (Å²) in [6.07, 6.45) is 3.45. The maximum Gasteiger partial charge on any atom is 0.168 e. The first-order valence-corrected chi connectivity index (χ1v) is 5.24. The van der Waals surface area contributed by atoms with E-state index < -0.39 is 0 Å². The molecule has 0 amide bonds. The van der Waals surface area contributed by atoms with Gasteiger partial charge in [0.15, 0.2) is 5.01 Å². The van der Waals surface area contributed by atoms with E-state index in [1.54, 1.807) is 12.4 Å².